The highest BCUT2D eigenvalue weighted by Gasteiger charge is 2.46. The van der Waals surface area contributed by atoms with Gasteiger partial charge in [0, 0.05) is 11.6 Å². The van der Waals surface area contributed by atoms with Crippen LogP contribution in [0.1, 0.15) is 5.56 Å². The molecule has 1 aliphatic heterocycles. The zero-order valence-corrected chi connectivity index (χ0v) is 22.1. The summed E-state index contributed by atoms with van der Waals surface area (Å²) in [7, 11) is 0. The van der Waals surface area contributed by atoms with Gasteiger partial charge in [-0.15, -0.1) is 0 Å². The first-order chi connectivity index (χ1) is 20.5. The van der Waals surface area contributed by atoms with Gasteiger partial charge in [0.2, 0.25) is 17.5 Å². The molecule has 13 nitrogen and oxygen atoms in total. The van der Waals surface area contributed by atoms with Gasteiger partial charge in [0.05, 0.1) is 0 Å². The van der Waals surface area contributed by atoms with Crippen LogP contribution < -0.4 is 10.2 Å². The van der Waals surface area contributed by atoms with Gasteiger partial charge in [0.1, 0.15) is 53.5 Å². The second-order valence-electron chi connectivity index (χ2n) is 9.63. The molecule has 2 heterocycles. The highest BCUT2D eigenvalue weighted by Crippen LogP contribution is 2.38. The van der Waals surface area contributed by atoms with E-state index in [9.17, 15) is 45.3 Å². The van der Waals surface area contributed by atoms with E-state index in [0.717, 1.165) is 18.2 Å². The molecule has 0 unspecified atom stereocenters. The second-order valence-corrected chi connectivity index (χ2v) is 9.63. The number of hydrogen-bond donors (Lipinski definition) is 7. The number of aliphatic hydroxyl groups excluding tert-OH is 3. The number of carbonyl (C=O) groups is 1. The Morgan fingerprint density at radius 1 is 0.860 bits per heavy atom. The first kappa shape index (κ1) is 29.4. The van der Waals surface area contributed by atoms with Crippen molar-refractivity contribution in [2.75, 3.05) is 6.61 Å². The van der Waals surface area contributed by atoms with Crippen molar-refractivity contribution in [3.05, 3.63) is 82.5 Å². The van der Waals surface area contributed by atoms with Crippen LogP contribution in [0.2, 0.25) is 0 Å². The molecular formula is C30H26O13. The number of aromatic hydroxyl groups is 4. The summed E-state index contributed by atoms with van der Waals surface area (Å²) >= 11 is 0. The molecule has 0 radical (unpaired) electrons. The van der Waals surface area contributed by atoms with Crippen LogP contribution in [0.25, 0.3) is 28.4 Å². The first-order valence-corrected chi connectivity index (χ1v) is 12.8. The van der Waals surface area contributed by atoms with Crippen LogP contribution in [-0.4, -0.2) is 79.0 Å². The number of aliphatic hydroxyl groups is 3. The lowest BCUT2D eigenvalue weighted by Crippen LogP contribution is -2.60. The number of fused-ring (bicyclic) bond motifs is 1. The fourth-order valence-electron chi connectivity index (χ4n) is 4.40. The van der Waals surface area contributed by atoms with E-state index in [0.29, 0.717) is 5.56 Å². The quantitative estimate of drug-likeness (QED) is 0.0923. The summed E-state index contributed by atoms with van der Waals surface area (Å²) < 4.78 is 22.2. The molecule has 13 heteroatoms. The molecule has 1 aromatic heterocycles. The number of rotatable bonds is 7. The normalized spacial score (nSPS) is 22.1. The van der Waals surface area contributed by atoms with Crippen LogP contribution in [0.3, 0.4) is 0 Å². The van der Waals surface area contributed by atoms with Gasteiger partial charge < -0.3 is 54.4 Å². The van der Waals surface area contributed by atoms with Gasteiger partial charge in [0.25, 0.3) is 0 Å². The van der Waals surface area contributed by atoms with Crippen LogP contribution >= 0.6 is 0 Å². The summed E-state index contributed by atoms with van der Waals surface area (Å²) in [4.78, 5) is 25.8. The average molecular weight is 595 g/mol. The van der Waals surface area contributed by atoms with Gasteiger partial charge in [-0.2, -0.15) is 0 Å². The largest absolute Gasteiger partial charge is 0.508 e. The number of carbonyl (C=O) groups excluding carboxylic acids is 1. The Hall–Kier alpha value is -5.08. The van der Waals surface area contributed by atoms with Crippen LogP contribution in [0, 0.1) is 0 Å². The van der Waals surface area contributed by atoms with E-state index in [1.165, 1.54) is 42.5 Å². The zero-order valence-electron chi connectivity index (χ0n) is 22.1. The molecule has 7 N–H and O–H groups in total. The summed E-state index contributed by atoms with van der Waals surface area (Å²) in [5.74, 6) is -3.10. The van der Waals surface area contributed by atoms with Crippen molar-refractivity contribution in [2.45, 2.75) is 30.7 Å². The van der Waals surface area contributed by atoms with E-state index in [1.807, 2.05) is 0 Å². The summed E-state index contributed by atoms with van der Waals surface area (Å²) in [5, 5.41) is 70.8. The molecule has 0 spiro atoms. The van der Waals surface area contributed by atoms with Crippen molar-refractivity contribution in [3.63, 3.8) is 0 Å². The molecule has 1 saturated heterocycles. The Balaban J connectivity index is 1.42. The van der Waals surface area contributed by atoms with Gasteiger partial charge in [-0.1, -0.05) is 18.2 Å². The van der Waals surface area contributed by atoms with Crippen molar-refractivity contribution in [1.29, 1.82) is 0 Å². The van der Waals surface area contributed by atoms with Gasteiger partial charge in [-0.05, 0) is 54.1 Å². The second kappa shape index (κ2) is 12.0. The lowest BCUT2D eigenvalue weighted by atomic mass is 9.99. The van der Waals surface area contributed by atoms with Crippen LogP contribution in [0.4, 0.5) is 0 Å². The predicted molar refractivity (Wildman–Crippen MR) is 148 cm³/mol. The number of esters is 1. The van der Waals surface area contributed by atoms with Gasteiger partial charge in [0.15, 0.2) is 17.3 Å². The number of ether oxygens (including phenoxy) is 3. The Kier molecular flexibility index (Phi) is 8.23. The smallest absolute Gasteiger partial charge is 0.330 e. The van der Waals surface area contributed by atoms with E-state index in [2.05, 4.69) is 0 Å². The van der Waals surface area contributed by atoms with Crippen LogP contribution in [-0.2, 0) is 14.3 Å². The summed E-state index contributed by atoms with van der Waals surface area (Å²) in [5.41, 5.74) is -0.301. The topological polar surface area (TPSA) is 217 Å². The minimum Gasteiger partial charge on any atom is -0.508 e. The minimum absolute atomic E-state index is 0.0484. The number of hydrogen-bond acceptors (Lipinski definition) is 13. The van der Waals surface area contributed by atoms with Gasteiger partial charge in [-0.3, -0.25) is 4.79 Å². The van der Waals surface area contributed by atoms with Gasteiger partial charge >= 0.3 is 5.97 Å². The lowest BCUT2D eigenvalue weighted by molar-refractivity contribution is -0.278. The standard InChI is InChI=1S/C30H26O13/c31-16-8-4-14(5-9-16)6-11-22(35)40-13-21-24(36)26(38)27(39)30(42-21)43-29-25(37)23-18(33)2-1-3-20(23)41-28(29)15-7-10-17(32)19(34)12-15/h1-12,21,24,26-27,30-34,36,38-39H,13H2/b11-6+/t21-,24-,26+,27-,30+/m1/s1. The van der Waals surface area contributed by atoms with E-state index in [1.54, 1.807) is 12.1 Å². The molecule has 224 valence electrons. The van der Waals surface area contributed by atoms with Crippen LogP contribution in [0.15, 0.2) is 76.0 Å². The third-order valence-corrected chi connectivity index (χ3v) is 6.69. The fourth-order valence-corrected chi connectivity index (χ4v) is 4.40. The molecule has 4 aromatic rings. The molecular weight excluding hydrogens is 568 g/mol. The van der Waals surface area contributed by atoms with E-state index < -0.39 is 71.7 Å². The molecule has 5 atom stereocenters. The van der Waals surface area contributed by atoms with Crippen molar-refractivity contribution < 1.29 is 59.2 Å². The number of phenolic OH excluding ortho intramolecular Hbond substituents is 4. The Morgan fingerprint density at radius 3 is 2.33 bits per heavy atom. The maximum atomic E-state index is 13.5. The Labute approximate surface area is 242 Å². The van der Waals surface area contributed by atoms with E-state index in [-0.39, 0.29) is 28.0 Å². The van der Waals surface area contributed by atoms with Crippen molar-refractivity contribution in [2.24, 2.45) is 0 Å². The lowest BCUT2D eigenvalue weighted by Gasteiger charge is -2.39. The molecule has 43 heavy (non-hydrogen) atoms. The molecule has 0 amide bonds. The molecule has 0 bridgehead atoms. The fraction of sp³-hybridized carbons (Fsp3) is 0.200. The summed E-state index contributed by atoms with van der Waals surface area (Å²) in [6.07, 6.45) is -6.22. The van der Waals surface area contributed by atoms with Crippen molar-refractivity contribution in [1.82, 2.24) is 0 Å². The number of benzene rings is 3. The highest BCUT2D eigenvalue weighted by atomic mass is 16.7. The van der Waals surface area contributed by atoms with E-state index in [4.69, 9.17) is 18.6 Å². The van der Waals surface area contributed by atoms with Crippen molar-refractivity contribution in [3.8, 4) is 40.1 Å². The first-order valence-electron chi connectivity index (χ1n) is 12.8. The monoisotopic (exact) mass is 594 g/mol. The van der Waals surface area contributed by atoms with Crippen molar-refractivity contribution >= 4 is 23.0 Å². The minimum atomic E-state index is -1.91. The molecule has 1 aliphatic rings. The maximum Gasteiger partial charge on any atom is 0.330 e. The Morgan fingerprint density at radius 2 is 1.60 bits per heavy atom. The number of phenols is 4. The molecule has 1 fully saturated rings. The summed E-state index contributed by atoms with van der Waals surface area (Å²) in [6.45, 7) is -0.588. The van der Waals surface area contributed by atoms with Crippen LogP contribution in [0.5, 0.6) is 28.7 Å². The molecule has 3 aromatic carbocycles. The molecule has 5 rings (SSSR count). The third kappa shape index (κ3) is 6.10. The SMILES string of the molecule is O=C(/C=C/c1ccc(O)cc1)OC[C@H]1O[C@@H](Oc2c(-c3ccc(O)c(O)c3)oc3cccc(O)c3c2=O)[C@H](O)[C@@H](O)[C@@H]1O. The summed E-state index contributed by atoms with van der Waals surface area (Å²) in [6, 6.07) is 13.6. The molecule has 0 aliphatic carbocycles. The third-order valence-electron chi connectivity index (χ3n) is 6.69. The zero-order chi connectivity index (χ0) is 30.8. The highest BCUT2D eigenvalue weighted by molar-refractivity contribution is 5.87. The van der Waals surface area contributed by atoms with Gasteiger partial charge in [-0.25, -0.2) is 4.79 Å². The maximum absolute atomic E-state index is 13.5. The van der Waals surface area contributed by atoms with E-state index >= 15 is 0 Å². The predicted octanol–water partition coefficient (Wildman–Crippen LogP) is 1.73. The molecule has 0 saturated carbocycles. The average Bonchev–Trinajstić information content (AvgIpc) is 2.99. The Bertz CT molecular complexity index is 1730.